The number of allylic oxidation sites excluding steroid dienone is 12. The summed E-state index contributed by atoms with van der Waals surface area (Å²) in [5.41, 5.74) is 0. The molecule has 11 nitrogen and oxygen atoms in total. The molecular formula is C66H117O11P. The van der Waals surface area contributed by atoms with Gasteiger partial charge in [0.2, 0.25) is 0 Å². The van der Waals surface area contributed by atoms with Crippen molar-refractivity contribution in [3.63, 3.8) is 0 Å². The van der Waals surface area contributed by atoms with Crippen molar-refractivity contribution in [2.75, 3.05) is 26.4 Å². The fourth-order valence-electron chi connectivity index (χ4n) is 8.75. The van der Waals surface area contributed by atoms with Crippen molar-refractivity contribution in [3.05, 3.63) is 72.9 Å². The zero-order valence-electron chi connectivity index (χ0n) is 50.1. The van der Waals surface area contributed by atoms with Crippen molar-refractivity contribution >= 4 is 25.7 Å². The lowest BCUT2D eigenvalue weighted by atomic mass is 10.1. The van der Waals surface area contributed by atoms with Gasteiger partial charge in [-0.05, 0) is 109 Å². The largest absolute Gasteiger partial charge is 0.472 e. The zero-order valence-corrected chi connectivity index (χ0v) is 51.0. The molecule has 0 radical (unpaired) electrons. The maximum Gasteiger partial charge on any atom is 0.472 e. The van der Waals surface area contributed by atoms with Gasteiger partial charge in [-0.15, -0.1) is 0 Å². The molecule has 0 saturated carbocycles. The number of carbonyl (C=O) groups is 3. The predicted octanol–water partition coefficient (Wildman–Crippen LogP) is 19.3. The number of aliphatic hydroxyl groups is 1. The Hall–Kier alpha value is -3.08. The molecule has 78 heavy (non-hydrogen) atoms. The zero-order chi connectivity index (χ0) is 56.9. The third-order valence-corrected chi connectivity index (χ3v) is 14.5. The number of esters is 3. The number of phosphoric acid groups is 1. The number of hydrogen-bond acceptors (Lipinski definition) is 10. The summed E-state index contributed by atoms with van der Waals surface area (Å²) in [6.07, 6.45) is 68.6. The highest BCUT2D eigenvalue weighted by Gasteiger charge is 2.28. The SMILES string of the molecule is CC/C=C\C/C=C\C/C=C\C/C=C\CCCCC(=O)OC(CO)COP(=O)(O)OCC(COC(=O)CCCCCCCCCCC/C=C\CCCCCCCC)OC(=O)CCCCCCCCC/C=C\CCCCCCCC. The molecule has 0 fully saturated rings. The molecule has 0 aliphatic heterocycles. The molecule has 0 heterocycles. The Morgan fingerprint density at radius 1 is 0.372 bits per heavy atom. The Bertz CT molecular complexity index is 1590. The van der Waals surface area contributed by atoms with Gasteiger partial charge < -0.3 is 24.2 Å². The second kappa shape index (κ2) is 60.0. The summed E-state index contributed by atoms with van der Waals surface area (Å²) in [4.78, 5) is 48.7. The van der Waals surface area contributed by atoms with Gasteiger partial charge in [-0.3, -0.25) is 23.4 Å². The van der Waals surface area contributed by atoms with Crippen molar-refractivity contribution in [2.24, 2.45) is 0 Å². The summed E-state index contributed by atoms with van der Waals surface area (Å²) in [5.74, 6) is -1.50. The molecule has 0 rings (SSSR count). The summed E-state index contributed by atoms with van der Waals surface area (Å²) < 4.78 is 39.6. The van der Waals surface area contributed by atoms with Crippen molar-refractivity contribution in [2.45, 2.75) is 303 Å². The van der Waals surface area contributed by atoms with Crippen LogP contribution in [0, 0.1) is 0 Å². The van der Waals surface area contributed by atoms with Gasteiger partial charge >= 0.3 is 25.7 Å². The van der Waals surface area contributed by atoms with E-state index < -0.39 is 57.8 Å². The van der Waals surface area contributed by atoms with Crippen molar-refractivity contribution in [1.29, 1.82) is 0 Å². The van der Waals surface area contributed by atoms with Crippen molar-refractivity contribution < 1.29 is 52.2 Å². The third kappa shape index (κ3) is 57.6. The normalized spacial score (nSPS) is 13.8. The Balaban J connectivity index is 4.73. The van der Waals surface area contributed by atoms with E-state index >= 15 is 0 Å². The molecule has 0 amide bonds. The summed E-state index contributed by atoms with van der Waals surface area (Å²) in [5, 5.41) is 9.83. The molecule has 452 valence electrons. The van der Waals surface area contributed by atoms with Gasteiger partial charge in [-0.2, -0.15) is 0 Å². The van der Waals surface area contributed by atoms with E-state index in [4.69, 9.17) is 23.3 Å². The van der Waals surface area contributed by atoms with Gasteiger partial charge in [0.05, 0.1) is 19.8 Å². The molecule has 0 aromatic carbocycles. The van der Waals surface area contributed by atoms with E-state index in [1.165, 1.54) is 141 Å². The number of unbranched alkanes of at least 4 members (excludes halogenated alkanes) is 30. The van der Waals surface area contributed by atoms with Gasteiger partial charge in [0, 0.05) is 19.3 Å². The smallest absolute Gasteiger partial charge is 0.462 e. The van der Waals surface area contributed by atoms with Crippen LogP contribution in [-0.4, -0.2) is 66.5 Å². The highest BCUT2D eigenvalue weighted by molar-refractivity contribution is 7.47. The number of aliphatic hydroxyl groups excluding tert-OH is 1. The van der Waals surface area contributed by atoms with Crippen LogP contribution in [-0.2, 0) is 42.2 Å². The van der Waals surface area contributed by atoms with Crippen LogP contribution < -0.4 is 0 Å². The number of phosphoric ester groups is 1. The molecule has 0 aliphatic carbocycles. The molecule has 0 saturated heterocycles. The molecule has 0 bridgehead atoms. The monoisotopic (exact) mass is 1120 g/mol. The maximum atomic E-state index is 12.9. The first-order chi connectivity index (χ1) is 38.2. The van der Waals surface area contributed by atoms with Crippen molar-refractivity contribution in [3.8, 4) is 0 Å². The average Bonchev–Trinajstić information content (AvgIpc) is 3.43. The van der Waals surface area contributed by atoms with Crippen LogP contribution >= 0.6 is 7.82 Å². The lowest BCUT2D eigenvalue weighted by Crippen LogP contribution is -2.30. The average molecular weight is 1120 g/mol. The Morgan fingerprint density at radius 2 is 0.667 bits per heavy atom. The van der Waals surface area contributed by atoms with Gasteiger partial charge in [0.15, 0.2) is 6.10 Å². The van der Waals surface area contributed by atoms with E-state index in [2.05, 4.69) is 93.7 Å². The fraction of sp³-hybridized carbons (Fsp3) is 0.773. The molecule has 3 atom stereocenters. The lowest BCUT2D eigenvalue weighted by molar-refractivity contribution is -0.161. The third-order valence-electron chi connectivity index (χ3n) is 13.6. The standard InChI is InChI=1S/C66H117O11P/c1-4-7-10-13-16-19-22-25-28-30-31-33-35-37-40-43-46-49-52-55-64(68)73-59-63(77-66(70)57-54-51-48-45-42-39-36-32-29-26-23-20-17-14-11-8-5-2)61-75-78(71,72)74-60-62(58-67)76-65(69)56-53-50-47-44-41-38-34-27-24-21-18-15-12-9-6-3/h9,12,18,21,25-29,34,41,44,62-63,67H,4-8,10-11,13-17,19-20,22-24,30-33,35-40,42-43,45-61H2,1-3H3,(H,71,72)/b12-9-,21-18-,28-25-,29-26-,34-27-,44-41-. The molecule has 0 aromatic rings. The minimum atomic E-state index is -4.77. The lowest BCUT2D eigenvalue weighted by Gasteiger charge is -2.21. The van der Waals surface area contributed by atoms with E-state index in [-0.39, 0.29) is 25.9 Å². The summed E-state index contributed by atoms with van der Waals surface area (Å²) >= 11 is 0. The van der Waals surface area contributed by atoms with Crippen LogP contribution in [0.1, 0.15) is 290 Å². The first-order valence-corrected chi connectivity index (χ1v) is 33.3. The van der Waals surface area contributed by atoms with Crippen LogP contribution in [0.2, 0.25) is 0 Å². The van der Waals surface area contributed by atoms with Crippen LogP contribution in [0.3, 0.4) is 0 Å². The Kier molecular flexibility index (Phi) is 57.7. The van der Waals surface area contributed by atoms with E-state index in [0.717, 1.165) is 89.9 Å². The summed E-state index contributed by atoms with van der Waals surface area (Å²) in [6.45, 7) is 4.51. The second-order valence-corrected chi connectivity index (χ2v) is 22.6. The molecular weight excluding hydrogens is 1000 g/mol. The first-order valence-electron chi connectivity index (χ1n) is 31.8. The number of ether oxygens (including phenoxy) is 3. The maximum absolute atomic E-state index is 12.9. The molecule has 12 heteroatoms. The van der Waals surface area contributed by atoms with Crippen LogP contribution in [0.4, 0.5) is 0 Å². The van der Waals surface area contributed by atoms with E-state index in [1.807, 2.05) is 0 Å². The van der Waals surface area contributed by atoms with Crippen molar-refractivity contribution in [1.82, 2.24) is 0 Å². The van der Waals surface area contributed by atoms with Crippen LogP contribution in [0.15, 0.2) is 72.9 Å². The number of rotatable bonds is 59. The highest BCUT2D eigenvalue weighted by Crippen LogP contribution is 2.43. The Labute approximate surface area is 478 Å². The van der Waals surface area contributed by atoms with Crippen LogP contribution in [0.25, 0.3) is 0 Å². The fourth-order valence-corrected chi connectivity index (χ4v) is 9.53. The van der Waals surface area contributed by atoms with Crippen LogP contribution in [0.5, 0.6) is 0 Å². The molecule has 2 N–H and O–H groups in total. The van der Waals surface area contributed by atoms with Gasteiger partial charge in [0.1, 0.15) is 12.7 Å². The van der Waals surface area contributed by atoms with Gasteiger partial charge in [-0.25, -0.2) is 4.57 Å². The minimum Gasteiger partial charge on any atom is -0.462 e. The quantitative estimate of drug-likeness (QED) is 0.0197. The number of carbonyl (C=O) groups excluding carboxylic acids is 3. The topological polar surface area (TPSA) is 155 Å². The summed E-state index contributed by atoms with van der Waals surface area (Å²) in [6, 6.07) is 0. The minimum absolute atomic E-state index is 0.124. The summed E-state index contributed by atoms with van der Waals surface area (Å²) in [7, 11) is -4.77. The van der Waals surface area contributed by atoms with E-state index in [0.29, 0.717) is 19.3 Å². The van der Waals surface area contributed by atoms with E-state index in [1.54, 1.807) is 0 Å². The highest BCUT2D eigenvalue weighted by atomic mass is 31.2. The molecule has 0 spiro atoms. The predicted molar refractivity (Wildman–Crippen MR) is 325 cm³/mol. The van der Waals surface area contributed by atoms with Gasteiger partial charge in [-0.1, -0.05) is 235 Å². The molecule has 3 unspecified atom stereocenters. The number of hydrogen-bond donors (Lipinski definition) is 2. The Morgan fingerprint density at radius 3 is 1.06 bits per heavy atom. The molecule has 0 aromatic heterocycles. The molecule has 0 aliphatic rings. The first kappa shape index (κ1) is 74.9. The van der Waals surface area contributed by atoms with Gasteiger partial charge in [0.25, 0.3) is 0 Å². The second-order valence-electron chi connectivity index (χ2n) is 21.2. The van der Waals surface area contributed by atoms with E-state index in [9.17, 15) is 28.9 Å².